The third-order valence-corrected chi connectivity index (χ3v) is 7.79. The lowest BCUT2D eigenvalue weighted by Crippen LogP contribution is -2.36. The van der Waals surface area contributed by atoms with Gasteiger partial charge in [0.1, 0.15) is 24.4 Å². The molecular weight excluding hydrogens is 505 g/mol. The van der Waals surface area contributed by atoms with Gasteiger partial charge in [0, 0.05) is 12.7 Å². The fourth-order valence-corrected chi connectivity index (χ4v) is 5.78. The molecule has 1 fully saturated rings. The van der Waals surface area contributed by atoms with Crippen LogP contribution in [0, 0.1) is 0 Å². The number of hydrogen-bond acceptors (Lipinski definition) is 11. The van der Waals surface area contributed by atoms with Crippen molar-refractivity contribution in [2.45, 2.75) is 44.3 Å². The minimum absolute atomic E-state index is 0.226. The van der Waals surface area contributed by atoms with E-state index in [1.54, 1.807) is 6.92 Å². The predicted octanol–water partition coefficient (Wildman–Crippen LogP) is -1.55. The van der Waals surface area contributed by atoms with Crippen molar-refractivity contribution < 1.29 is 61.4 Å². The monoisotopic (exact) mass is 526 g/mol. The Kier molecular flexibility index (Phi) is 8.57. The number of nitrogens with one attached hydrogen (secondary N) is 1. The molecule has 0 aliphatic carbocycles. The van der Waals surface area contributed by atoms with E-state index >= 15 is 0 Å². The van der Waals surface area contributed by atoms with Gasteiger partial charge < -0.3 is 39.1 Å². The lowest BCUT2D eigenvalue weighted by Gasteiger charge is -2.19. The van der Waals surface area contributed by atoms with Crippen LogP contribution in [0.3, 0.4) is 0 Å². The zero-order chi connectivity index (χ0) is 24.5. The fraction of sp³-hybridized carbons (Fsp3) is 0.667. The Labute approximate surface area is 178 Å². The normalized spacial score (nSPS) is 27.7. The highest BCUT2D eigenvalue weighted by molar-refractivity contribution is 7.66. The number of aryl methyl sites for hydroxylation is 1. The molecule has 184 valence electrons. The second-order valence-electron chi connectivity index (χ2n) is 6.50. The van der Waals surface area contributed by atoms with Crippen LogP contribution in [0.4, 0.5) is 0 Å². The summed E-state index contributed by atoms with van der Waals surface area (Å²) in [5.41, 5.74) is -1.85. The predicted molar refractivity (Wildman–Crippen MR) is 101 cm³/mol. The Bertz CT molecular complexity index is 1080. The number of ether oxygens (including phenoxy) is 1. The molecule has 0 spiro atoms. The van der Waals surface area contributed by atoms with Crippen LogP contribution in [-0.4, -0.2) is 64.3 Å². The van der Waals surface area contributed by atoms with E-state index in [-0.39, 0.29) is 12.1 Å². The summed E-state index contributed by atoms with van der Waals surface area (Å²) in [6.45, 7) is 0.953. The summed E-state index contributed by atoms with van der Waals surface area (Å²) in [4.78, 5) is 61.5. The van der Waals surface area contributed by atoms with Gasteiger partial charge in [-0.15, -0.1) is 0 Å². The molecule has 0 saturated carbocycles. The van der Waals surface area contributed by atoms with Crippen molar-refractivity contribution in [2.75, 3.05) is 6.61 Å². The topological polar surface area (TPSA) is 264 Å². The zero-order valence-corrected chi connectivity index (χ0v) is 18.8. The molecule has 1 aromatic rings. The van der Waals surface area contributed by atoms with Crippen molar-refractivity contribution in [1.82, 2.24) is 9.55 Å². The van der Waals surface area contributed by atoms with E-state index < -0.39 is 65.7 Å². The van der Waals surface area contributed by atoms with Crippen molar-refractivity contribution >= 4 is 23.5 Å². The van der Waals surface area contributed by atoms with E-state index in [1.165, 1.54) is 0 Å². The van der Waals surface area contributed by atoms with E-state index in [0.29, 0.717) is 6.42 Å². The number of aliphatic hydroxyl groups excluding tert-OH is 2. The second kappa shape index (κ2) is 10.1. The summed E-state index contributed by atoms with van der Waals surface area (Å²) in [6, 6.07) is 0. The number of phosphoric acid groups is 3. The van der Waals surface area contributed by atoms with Crippen LogP contribution in [-0.2, 0) is 38.1 Å². The maximum absolute atomic E-state index is 12.1. The highest BCUT2D eigenvalue weighted by atomic mass is 31.3. The Hall–Kier alpha value is -1.03. The quantitative estimate of drug-likeness (QED) is 0.170. The van der Waals surface area contributed by atoms with Gasteiger partial charge in [0.25, 0.3) is 5.56 Å². The van der Waals surface area contributed by atoms with Crippen LogP contribution in [0.1, 0.15) is 25.0 Å². The van der Waals surface area contributed by atoms with Crippen LogP contribution < -0.4 is 11.2 Å². The lowest BCUT2D eigenvalue weighted by molar-refractivity contribution is -0.0228. The van der Waals surface area contributed by atoms with Gasteiger partial charge in [-0.1, -0.05) is 6.92 Å². The number of aliphatic hydroxyl groups is 2. The van der Waals surface area contributed by atoms with Crippen molar-refractivity contribution in [3.05, 3.63) is 32.6 Å². The average Bonchev–Trinajstić information content (AvgIpc) is 2.87. The smallest absolute Gasteiger partial charge is 0.387 e. The second-order valence-corrected chi connectivity index (χ2v) is 10.9. The first kappa shape index (κ1) is 27.2. The number of H-pyrrole nitrogens is 1. The molecule has 6 atom stereocenters. The van der Waals surface area contributed by atoms with Gasteiger partial charge in [-0.3, -0.25) is 14.3 Å². The van der Waals surface area contributed by atoms with E-state index in [1.807, 2.05) is 4.98 Å². The number of nitrogens with zero attached hydrogens (tertiary/aromatic N) is 1. The molecule has 0 amide bonds. The van der Waals surface area contributed by atoms with E-state index in [9.17, 15) is 38.4 Å². The van der Waals surface area contributed by atoms with Gasteiger partial charge in [-0.05, 0) is 6.42 Å². The van der Waals surface area contributed by atoms with Gasteiger partial charge >= 0.3 is 29.2 Å². The Morgan fingerprint density at radius 2 is 1.69 bits per heavy atom. The van der Waals surface area contributed by atoms with Crippen molar-refractivity contribution in [2.24, 2.45) is 0 Å². The van der Waals surface area contributed by atoms with E-state index in [2.05, 4.69) is 13.1 Å². The number of aromatic amines is 1. The van der Waals surface area contributed by atoms with Crippen LogP contribution in [0.25, 0.3) is 0 Å². The first-order valence-electron chi connectivity index (χ1n) is 8.69. The number of hydrogen-bond donors (Lipinski definition) is 7. The maximum atomic E-state index is 12.1. The summed E-state index contributed by atoms with van der Waals surface area (Å²) < 4.78 is 51.6. The summed E-state index contributed by atoms with van der Waals surface area (Å²) in [6.07, 6.45) is -4.91. The lowest BCUT2D eigenvalue weighted by atomic mass is 10.0. The van der Waals surface area contributed by atoms with Crippen molar-refractivity contribution in [1.29, 1.82) is 0 Å². The molecule has 0 radical (unpaired) electrons. The van der Waals surface area contributed by atoms with Crippen molar-refractivity contribution in [3.63, 3.8) is 0 Å². The van der Waals surface area contributed by atoms with E-state index in [4.69, 9.17) is 19.4 Å². The summed E-state index contributed by atoms with van der Waals surface area (Å²) in [7, 11) is -16.8. The van der Waals surface area contributed by atoms with Gasteiger partial charge in [-0.2, -0.15) is 8.62 Å². The van der Waals surface area contributed by atoms with Crippen LogP contribution in [0.2, 0.25) is 0 Å². The van der Waals surface area contributed by atoms with Crippen LogP contribution in [0.15, 0.2) is 15.8 Å². The molecular formula is C12H21N2O15P3. The maximum Gasteiger partial charge on any atom is 0.490 e. The highest BCUT2D eigenvalue weighted by Crippen LogP contribution is 2.66. The summed E-state index contributed by atoms with van der Waals surface area (Å²) in [5.74, 6) is 0. The summed E-state index contributed by atoms with van der Waals surface area (Å²) >= 11 is 0. The molecule has 20 heteroatoms. The van der Waals surface area contributed by atoms with Gasteiger partial charge in [0.15, 0.2) is 0 Å². The minimum Gasteiger partial charge on any atom is -0.387 e. The Morgan fingerprint density at radius 1 is 1.06 bits per heavy atom. The SMILES string of the molecule is CCCn1cc([C@@H]2O[C@H](COP(=O)(O)OP(=O)(O)OP(=O)(O)O)C(O)C2O)c(=O)[nH]c1=O. The summed E-state index contributed by atoms with van der Waals surface area (Å²) in [5, 5.41) is 20.3. The Balaban J connectivity index is 2.13. The molecule has 17 nitrogen and oxygen atoms in total. The third-order valence-electron chi connectivity index (χ3n) is 3.99. The molecule has 1 aliphatic heterocycles. The molecule has 1 saturated heterocycles. The molecule has 1 aromatic heterocycles. The highest BCUT2D eigenvalue weighted by Gasteiger charge is 2.47. The molecule has 2 rings (SSSR count). The van der Waals surface area contributed by atoms with Gasteiger partial charge in [0.05, 0.1) is 12.2 Å². The average molecular weight is 526 g/mol. The van der Waals surface area contributed by atoms with E-state index in [0.717, 1.165) is 10.8 Å². The molecule has 2 heterocycles. The standard InChI is InChI=1S/C12H21N2O15P3/c1-2-3-14-4-6(11(17)13-12(14)18)10-9(16)8(15)7(27-10)5-26-31(22,23)29-32(24,25)28-30(19,20)21/h4,7-10,15-16H,2-3,5H2,1H3,(H,22,23)(H,24,25)(H,13,17,18)(H2,19,20,21)/t7-,8?,9?,10+/m1/s1. The van der Waals surface area contributed by atoms with Crippen LogP contribution >= 0.6 is 23.5 Å². The zero-order valence-electron chi connectivity index (χ0n) is 16.2. The van der Waals surface area contributed by atoms with Crippen molar-refractivity contribution in [3.8, 4) is 0 Å². The molecule has 0 aromatic carbocycles. The van der Waals surface area contributed by atoms with Crippen LogP contribution in [0.5, 0.6) is 0 Å². The molecule has 7 N–H and O–H groups in total. The largest absolute Gasteiger partial charge is 0.490 e. The first-order chi connectivity index (χ1) is 14.6. The van der Waals surface area contributed by atoms with Gasteiger partial charge in [0.2, 0.25) is 0 Å². The number of rotatable bonds is 10. The Morgan fingerprint density at radius 3 is 2.25 bits per heavy atom. The first-order valence-corrected chi connectivity index (χ1v) is 13.2. The molecule has 0 bridgehead atoms. The molecule has 1 aliphatic rings. The number of aromatic nitrogens is 2. The number of phosphoric ester groups is 1. The molecule has 4 unspecified atom stereocenters. The molecule has 32 heavy (non-hydrogen) atoms. The van der Waals surface area contributed by atoms with Gasteiger partial charge in [-0.25, -0.2) is 18.5 Å². The minimum atomic E-state index is -5.74. The third kappa shape index (κ3) is 7.23. The fourth-order valence-electron chi connectivity index (χ4n) is 2.75.